The zero-order chi connectivity index (χ0) is 11.5. The summed E-state index contributed by atoms with van der Waals surface area (Å²) in [5.74, 6) is 0. The van der Waals surface area contributed by atoms with Crippen molar-refractivity contribution >= 4 is 11.8 Å². The summed E-state index contributed by atoms with van der Waals surface area (Å²) in [5, 5.41) is 10.5. The molecule has 1 aromatic rings. The van der Waals surface area contributed by atoms with Gasteiger partial charge in [0.2, 0.25) is 0 Å². The molecule has 1 unspecified atom stereocenters. The van der Waals surface area contributed by atoms with Gasteiger partial charge in [0.25, 0.3) is 0 Å². The predicted molar refractivity (Wildman–Crippen MR) is 66.1 cm³/mol. The van der Waals surface area contributed by atoms with Crippen molar-refractivity contribution in [3.8, 4) is 0 Å². The van der Waals surface area contributed by atoms with Crippen molar-refractivity contribution in [3.05, 3.63) is 29.8 Å². The van der Waals surface area contributed by atoms with Gasteiger partial charge in [-0.25, -0.2) is 0 Å². The number of hydrogen-bond donors (Lipinski definition) is 2. The molecule has 0 heterocycles. The summed E-state index contributed by atoms with van der Waals surface area (Å²) in [5.41, 5.74) is 5.46. The molecule has 1 atom stereocenters. The van der Waals surface area contributed by atoms with E-state index in [1.165, 1.54) is 4.90 Å². The van der Waals surface area contributed by atoms with Crippen LogP contribution < -0.4 is 5.73 Å². The van der Waals surface area contributed by atoms with Crippen LogP contribution in [0.5, 0.6) is 0 Å². The Morgan fingerprint density at radius 2 is 1.87 bits per heavy atom. The highest BCUT2D eigenvalue weighted by molar-refractivity contribution is 7.99. The van der Waals surface area contributed by atoms with E-state index in [-0.39, 0.29) is 6.54 Å². The monoisotopic (exact) mass is 225 g/mol. The van der Waals surface area contributed by atoms with Crippen LogP contribution >= 0.6 is 11.8 Å². The SMILES string of the molecule is CC(C)Sc1ccc(C(C)(O)CN)cc1. The first-order valence-corrected chi connectivity index (χ1v) is 6.03. The first-order chi connectivity index (χ1) is 6.95. The van der Waals surface area contributed by atoms with Crippen molar-refractivity contribution in [2.24, 2.45) is 5.73 Å². The molecule has 0 spiro atoms. The number of aliphatic hydroxyl groups is 1. The van der Waals surface area contributed by atoms with Gasteiger partial charge in [0.15, 0.2) is 0 Å². The minimum Gasteiger partial charge on any atom is -0.384 e. The lowest BCUT2D eigenvalue weighted by Gasteiger charge is -2.21. The standard InChI is InChI=1S/C12H19NOS/c1-9(2)15-11-6-4-10(5-7-11)12(3,14)8-13/h4-7,9,14H,8,13H2,1-3H3. The van der Waals surface area contributed by atoms with Crippen LogP contribution in [0.3, 0.4) is 0 Å². The second-order valence-corrected chi connectivity index (χ2v) is 5.82. The van der Waals surface area contributed by atoms with E-state index < -0.39 is 5.60 Å². The molecule has 0 radical (unpaired) electrons. The van der Waals surface area contributed by atoms with Gasteiger partial charge in [0.1, 0.15) is 0 Å². The Labute approximate surface area is 95.9 Å². The predicted octanol–water partition coefficient (Wildman–Crippen LogP) is 2.35. The Balaban J connectivity index is 2.81. The zero-order valence-electron chi connectivity index (χ0n) is 9.53. The fourth-order valence-electron chi connectivity index (χ4n) is 1.28. The van der Waals surface area contributed by atoms with Crippen molar-refractivity contribution in [2.75, 3.05) is 6.54 Å². The number of thioether (sulfide) groups is 1. The lowest BCUT2D eigenvalue weighted by atomic mass is 9.97. The average molecular weight is 225 g/mol. The van der Waals surface area contributed by atoms with Crippen LogP contribution in [0.15, 0.2) is 29.2 Å². The van der Waals surface area contributed by atoms with E-state index in [2.05, 4.69) is 13.8 Å². The molecule has 0 saturated heterocycles. The first kappa shape index (κ1) is 12.6. The van der Waals surface area contributed by atoms with Crippen LogP contribution in [0, 0.1) is 0 Å². The highest BCUT2D eigenvalue weighted by Gasteiger charge is 2.20. The van der Waals surface area contributed by atoms with Crippen molar-refractivity contribution < 1.29 is 5.11 Å². The Morgan fingerprint density at radius 1 is 1.33 bits per heavy atom. The summed E-state index contributed by atoms with van der Waals surface area (Å²) in [4.78, 5) is 1.22. The largest absolute Gasteiger partial charge is 0.384 e. The van der Waals surface area contributed by atoms with Gasteiger partial charge < -0.3 is 10.8 Å². The van der Waals surface area contributed by atoms with Crippen molar-refractivity contribution in [3.63, 3.8) is 0 Å². The second-order valence-electron chi connectivity index (χ2n) is 4.17. The quantitative estimate of drug-likeness (QED) is 0.773. The van der Waals surface area contributed by atoms with E-state index in [0.717, 1.165) is 5.56 Å². The summed E-state index contributed by atoms with van der Waals surface area (Å²) in [6, 6.07) is 7.95. The highest BCUT2D eigenvalue weighted by Crippen LogP contribution is 2.26. The molecular formula is C12H19NOS. The van der Waals surface area contributed by atoms with E-state index in [0.29, 0.717) is 5.25 Å². The minimum absolute atomic E-state index is 0.240. The molecule has 3 heteroatoms. The fourth-order valence-corrected chi connectivity index (χ4v) is 2.12. The van der Waals surface area contributed by atoms with Gasteiger partial charge in [-0.15, -0.1) is 11.8 Å². The maximum Gasteiger partial charge on any atom is 0.0990 e. The van der Waals surface area contributed by atoms with Gasteiger partial charge in [-0.1, -0.05) is 26.0 Å². The molecular weight excluding hydrogens is 206 g/mol. The summed E-state index contributed by atoms with van der Waals surface area (Å²) >= 11 is 1.81. The topological polar surface area (TPSA) is 46.2 Å². The maximum atomic E-state index is 9.94. The van der Waals surface area contributed by atoms with Crippen LogP contribution in [-0.4, -0.2) is 16.9 Å². The maximum absolute atomic E-state index is 9.94. The summed E-state index contributed by atoms with van der Waals surface area (Å²) in [6.07, 6.45) is 0. The van der Waals surface area contributed by atoms with Crippen LogP contribution in [0.25, 0.3) is 0 Å². The molecule has 0 aliphatic rings. The van der Waals surface area contributed by atoms with Gasteiger partial charge in [-0.2, -0.15) is 0 Å². The number of nitrogens with two attached hydrogens (primary N) is 1. The molecule has 0 bridgehead atoms. The van der Waals surface area contributed by atoms with E-state index >= 15 is 0 Å². The van der Waals surface area contributed by atoms with E-state index in [4.69, 9.17) is 5.73 Å². The number of hydrogen-bond acceptors (Lipinski definition) is 3. The molecule has 15 heavy (non-hydrogen) atoms. The lowest BCUT2D eigenvalue weighted by molar-refractivity contribution is 0.0668. The minimum atomic E-state index is -0.916. The van der Waals surface area contributed by atoms with Crippen LogP contribution in [0.4, 0.5) is 0 Å². The smallest absolute Gasteiger partial charge is 0.0990 e. The van der Waals surface area contributed by atoms with Gasteiger partial charge in [-0.3, -0.25) is 0 Å². The van der Waals surface area contributed by atoms with Crippen molar-refractivity contribution in [2.45, 2.75) is 36.5 Å². The van der Waals surface area contributed by atoms with Gasteiger partial charge in [0.05, 0.1) is 5.60 Å². The molecule has 0 aliphatic carbocycles. The Morgan fingerprint density at radius 3 is 2.27 bits per heavy atom. The molecule has 2 nitrogen and oxygen atoms in total. The Hall–Kier alpha value is -0.510. The normalized spacial score (nSPS) is 15.3. The molecule has 1 aromatic carbocycles. The molecule has 0 amide bonds. The average Bonchev–Trinajstić information content (AvgIpc) is 2.18. The molecule has 0 aromatic heterocycles. The van der Waals surface area contributed by atoms with E-state index in [1.807, 2.05) is 36.0 Å². The molecule has 0 fully saturated rings. The van der Waals surface area contributed by atoms with Crippen molar-refractivity contribution in [1.82, 2.24) is 0 Å². The van der Waals surface area contributed by atoms with Crippen LogP contribution in [0.2, 0.25) is 0 Å². The third kappa shape index (κ3) is 3.52. The Bertz CT molecular complexity index is 306. The highest BCUT2D eigenvalue weighted by atomic mass is 32.2. The van der Waals surface area contributed by atoms with E-state index in [9.17, 15) is 5.11 Å². The van der Waals surface area contributed by atoms with Gasteiger partial charge in [0, 0.05) is 16.7 Å². The summed E-state index contributed by atoms with van der Waals surface area (Å²) in [6.45, 7) is 6.30. The molecule has 0 saturated carbocycles. The van der Waals surface area contributed by atoms with Crippen LogP contribution in [0.1, 0.15) is 26.3 Å². The zero-order valence-corrected chi connectivity index (χ0v) is 10.3. The van der Waals surface area contributed by atoms with Crippen LogP contribution in [-0.2, 0) is 5.60 Å². The molecule has 84 valence electrons. The number of rotatable bonds is 4. The van der Waals surface area contributed by atoms with Crippen molar-refractivity contribution in [1.29, 1.82) is 0 Å². The molecule has 0 aliphatic heterocycles. The second kappa shape index (κ2) is 5.01. The summed E-state index contributed by atoms with van der Waals surface area (Å²) in [7, 11) is 0. The van der Waals surface area contributed by atoms with Gasteiger partial charge in [-0.05, 0) is 24.6 Å². The third-order valence-corrected chi connectivity index (χ3v) is 3.26. The lowest BCUT2D eigenvalue weighted by Crippen LogP contribution is -2.31. The first-order valence-electron chi connectivity index (χ1n) is 5.15. The summed E-state index contributed by atoms with van der Waals surface area (Å²) < 4.78 is 0. The molecule has 3 N–H and O–H groups in total. The Kier molecular flexibility index (Phi) is 4.20. The van der Waals surface area contributed by atoms with E-state index in [1.54, 1.807) is 6.92 Å². The third-order valence-electron chi connectivity index (χ3n) is 2.25. The fraction of sp³-hybridized carbons (Fsp3) is 0.500. The number of benzene rings is 1. The van der Waals surface area contributed by atoms with Gasteiger partial charge >= 0.3 is 0 Å². The molecule has 1 rings (SSSR count).